The zero-order valence-electron chi connectivity index (χ0n) is 20.3. The maximum Gasteiger partial charge on any atom is 0.329 e. The predicted octanol–water partition coefficient (Wildman–Crippen LogP) is 4.23. The summed E-state index contributed by atoms with van der Waals surface area (Å²) < 4.78 is 0.941. The number of aromatic nitrogens is 2. The molecule has 4 saturated heterocycles. The van der Waals surface area contributed by atoms with Gasteiger partial charge in [0.2, 0.25) is 0 Å². The highest BCUT2D eigenvalue weighted by Crippen LogP contribution is 2.34. The molecule has 0 saturated carbocycles. The lowest BCUT2D eigenvalue weighted by atomic mass is 9.86. The number of quaternary nitrogens is 1. The Kier molecular flexibility index (Phi) is 8.42. The standard InChI is InChI=1S/C13H17ClN4O.C12H17NO2S/c14-11-7-15-8-12(16-11)17-13(19)9-18-4-1-10(2-5-18)3-6-18;1-12(11(14)15,10-6-5-9-16-10)13-7-3-2-4-8-13/h7-8,10H,1-6,9H2;5-6,9H,2-4,7-8H2,1H3,(H,14,15)/p+1. The molecule has 0 aliphatic carbocycles. The molecule has 8 nitrogen and oxygen atoms in total. The molecule has 2 bridgehead atoms. The van der Waals surface area contributed by atoms with Gasteiger partial charge in [-0.1, -0.05) is 24.1 Å². The molecule has 2 aromatic heterocycles. The summed E-state index contributed by atoms with van der Waals surface area (Å²) in [6.45, 7) is 7.56. The van der Waals surface area contributed by atoms with Crippen molar-refractivity contribution in [1.82, 2.24) is 14.9 Å². The summed E-state index contributed by atoms with van der Waals surface area (Å²) in [5.74, 6) is 0.609. The van der Waals surface area contributed by atoms with E-state index in [1.165, 1.54) is 49.4 Å². The lowest BCUT2D eigenvalue weighted by Gasteiger charge is -2.48. The average molecular weight is 521 g/mol. The molecular formula is C25H35ClN5O3S+. The fourth-order valence-electron chi connectivity index (χ4n) is 5.56. The van der Waals surface area contributed by atoms with E-state index in [4.69, 9.17) is 11.6 Å². The third-order valence-electron chi connectivity index (χ3n) is 7.79. The number of fused-ring (bicyclic) bond motifs is 3. The van der Waals surface area contributed by atoms with Crippen LogP contribution in [0.25, 0.3) is 0 Å². The van der Waals surface area contributed by atoms with Crippen molar-refractivity contribution in [1.29, 1.82) is 0 Å². The number of carbonyl (C=O) groups is 2. The molecule has 0 radical (unpaired) electrons. The zero-order chi connectivity index (χ0) is 24.9. The number of hydrogen-bond donors (Lipinski definition) is 2. The molecule has 2 N–H and O–H groups in total. The van der Waals surface area contributed by atoms with Gasteiger partial charge in [0.05, 0.1) is 32.0 Å². The summed E-state index contributed by atoms with van der Waals surface area (Å²) in [7, 11) is 0. The number of halogens is 1. The second-order valence-corrected chi connectivity index (χ2v) is 11.4. The van der Waals surface area contributed by atoms with Crippen LogP contribution in [0.4, 0.5) is 5.82 Å². The van der Waals surface area contributed by atoms with Gasteiger partial charge in [0.1, 0.15) is 5.15 Å². The number of likely N-dealkylation sites (tertiary alicyclic amines) is 1. The topological polar surface area (TPSA) is 95.4 Å². The molecule has 6 rings (SSSR count). The summed E-state index contributed by atoms with van der Waals surface area (Å²) in [5.41, 5.74) is -0.839. The lowest BCUT2D eigenvalue weighted by Crippen LogP contribution is -2.60. The Morgan fingerprint density at radius 3 is 2.46 bits per heavy atom. The lowest BCUT2D eigenvalue weighted by molar-refractivity contribution is -0.935. The number of aliphatic carboxylic acids is 1. The summed E-state index contributed by atoms with van der Waals surface area (Å²) >= 11 is 7.28. The molecule has 1 amide bonds. The summed E-state index contributed by atoms with van der Waals surface area (Å²) in [4.78, 5) is 34.7. The van der Waals surface area contributed by atoms with Gasteiger partial charge in [-0.25, -0.2) is 9.78 Å². The number of amides is 1. The minimum atomic E-state index is -0.839. The number of carboxylic acids is 1. The quantitative estimate of drug-likeness (QED) is 0.553. The molecule has 1 atom stereocenters. The van der Waals surface area contributed by atoms with Crippen molar-refractivity contribution in [3.63, 3.8) is 0 Å². The van der Waals surface area contributed by atoms with E-state index in [-0.39, 0.29) is 5.91 Å². The van der Waals surface area contributed by atoms with Crippen LogP contribution in [0.3, 0.4) is 0 Å². The van der Waals surface area contributed by atoms with Gasteiger partial charge in [-0.3, -0.25) is 14.7 Å². The first-order chi connectivity index (χ1) is 16.8. The maximum atomic E-state index is 12.1. The van der Waals surface area contributed by atoms with Crippen molar-refractivity contribution < 1.29 is 19.2 Å². The fraction of sp³-hybridized carbons (Fsp3) is 0.600. The number of nitrogens with zero attached hydrogens (tertiary/aromatic N) is 4. The SMILES string of the molecule is CC(C(=O)O)(c1cccs1)N1CCCCC1.O=C(C[N+]12CCC(CC1)CC2)Nc1cncc(Cl)n1. The smallest absolute Gasteiger partial charge is 0.329 e. The average Bonchev–Trinajstić information content (AvgIpc) is 3.41. The van der Waals surface area contributed by atoms with E-state index in [2.05, 4.69) is 20.2 Å². The van der Waals surface area contributed by atoms with Crippen molar-refractivity contribution in [2.75, 3.05) is 44.6 Å². The van der Waals surface area contributed by atoms with Crippen LogP contribution in [-0.2, 0) is 15.1 Å². The molecule has 0 spiro atoms. The van der Waals surface area contributed by atoms with Gasteiger partial charge >= 0.3 is 5.97 Å². The Labute approximate surface area is 215 Å². The Bertz CT molecular complexity index is 993. The molecular weight excluding hydrogens is 486 g/mol. The molecule has 0 aromatic carbocycles. The van der Waals surface area contributed by atoms with Gasteiger partial charge in [0.25, 0.3) is 5.91 Å². The Hall–Kier alpha value is -2.07. The third-order valence-corrected chi connectivity index (χ3v) is 9.06. The van der Waals surface area contributed by atoms with Crippen molar-refractivity contribution in [2.24, 2.45) is 5.92 Å². The molecule has 35 heavy (non-hydrogen) atoms. The van der Waals surface area contributed by atoms with E-state index >= 15 is 0 Å². The van der Waals surface area contributed by atoms with Gasteiger partial charge in [0, 0.05) is 4.88 Å². The van der Waals surface area contributed by atoms with Crippen LogP contribution in [0.15, 0.2) is 29.9 Å². The number of anilines is 1. The third kappa shape index (κ3) is 6.20. The van der Waals surface area contributed by atoms with Crippen LogP contribution in [0.2, 0.25) is 5.15 Å². The highest BCUT2D eigenvalue weighted by molar-refractivity contribution is 7.10. The maximum absolute atomic E-state index is 12.1. The normalized spacial score (nSPS) is 25.7. The van der Waals surface area contributed by atoms with Crippen LogP contribution in [0, 0.1) is 5.92 Å². The van der Waals surface area contributed by atoms with Gasteiger partial charge in [0.15, 0.2) is 17.9 Å². The highest BCUT2D eigenvalue weighted by Gasteiger charge is 2.43. The molecule has 4 aliphatic rings. The van der Waals surface area contributed by atoms with Crippen LogP contribution in [-0.4, -0.2) is 75.6 Å². The van der Waals surface area contributed by atoms with E-state index in [1.54, 1.807) is 0 Å². The highest BCUT2D eigenvalue weighted by atomic mass is 35.5. The van der Waals surface area contributed by atoms with E-state index in [0.717, 1.165) is 60.8 Å². The number of hydrogen-bond acceptors (Lipinski definition) is 6. The summed E-state index contributed by atoms with van der Waals surface area (Å²) in [5, 5.41) is 14.6. The van der Waals surface area contributed by atoms with E-state index in [0.29, 0.717) is 17.5 Å². The largest absolute Gasteiger partial charge is 0.480 e. The Balaban J connectivity index is 0.000000168. The van der Waals surface area contributed by atoms with Crippen LogP contribution in [0.5, 0.6) is 0 Å². The van der Waals surface area contributed by atoms with Crippen molar-refractivity contribution in [2.45, 2.75) is 51.0 Å². The monoisotopic (exact) mass is 520 g/mol. The summed E-state index contributed by atoms with van der Waals surface area (Å²) in [6.07, 6.45) is 10.2. The van der Waals surface area contributed by atoms with Crippen LogP contribution < -0.4 is 5.32 Å². The number of nitrogens with one attached hydrogen (secondary N) is 1. The van der Waals surface area contributed by atoms with Gasteiger partial charge in [-0.2, -0.15) is 0 Å². The molecule has 190 valence electrons. The molecule has 1 unspecified atom stereocenters. The fourth-order valence-corrected chi connectivity index (χ4v) is 6.61. The van der Waals surface area contributed by atoms with Gasteiger partial charge in [-0.15, -0.1) is 11.3 Å². The number of piperidine rings is 4. The number of carbonyl (C=O) groups excluding carboxylic acids is 1. The van der Waals surface area contributed by atoms with Crippen LogP contribution >= 0.6 is 22.9 Å². The van der Waals surface area contributed by atoms with Gasteiger partial charge in [-0.05, 0) is 69.5 Å². The Morgan fingerprint density at radius 2 is 1.89 bits per heavy atom. The molecule has 10 heteroatoms. The zero-order valence-corrected chi connectivity index (χ0v) is 21.9. The molecule has 6 heterocycles. The number of thiophene rings is 1. The minimum Gasteiger partial charge on any atom is -0.480 e. The predicted molar refractivity (Wildman–Crippen MR) is 137 cm³/mol. The first-order valence-electron chi connectivity index (χ1n) is 12.5. The first-order valence-corrected chi connectivity index (χ1v) is 13.7. The Morgan fingerprint density at radius 1 is 1.20 bits per heavy atom. The number of rotatable bonds is 6. The second kappa shape index (κ2) is 11.3. The van der Waals surface area contributed by atoms with E-state index in [1.807, 2.05) is 24.4 Å². The minimum absolute atomic E-state index is 0.0110. The second-order valence-electron chi connectivity index (χ2n) is 10.1. The first kappa shape index (κ1) is 26.0. The van der Waals surface area contributed by atoms with Crippen molar-refractivity contribution in [3.05, 3.63) is 39.9 Å². The van der Waals surface area contributed by atoms with Crippen molar-refractivity contribution in [3.8, 4) is 0 Å². The molecule has 4 fully saturated rings. The molecule has 2 aromatic rings. The van der Waals surface area contributed by atoms with Crippen molar-refractivity contribution >= 4 is 40.6 Å². The van der Waals surface area contributed by atoms with E-state index < -0.39 is 11.5 Å². The summed E-state index contributed by atoms with van der Waals surface area (Å²) in [6, 6.07) is 3.85. The number of carboxylic acid groups (broad SMARTS) is 1. The molecule has 4 aliphatic heterocycles. The van der Waals surface area contributed by atoms with Crippen LogP contribution in [0.1, 0.15) is 50.3 Å². The van der Waals surface area contributed by atoms with E-state index in [9.17, 15) is 14.7 Å². The van der Waals surface area contributed by atoms with Gasteiger partial charge < -0.3 is 14.9 Å².